The van der Waals surface area contributed by atoms with Gasteiger partial charge >= 0.3 is 6.36 Å². The van der Waals surface area contributed by atoms with Crippen molar-refractivity contribution in [3.05, 3.63) is 89.7 Å². The second-order valence-electron chi connectivity index (χ2n) is 12.4. The van der Waals surface area contributed by atoms with Crippen LogP contribution in [0, 0.1) is 6.92 Å². The number of aryl methyl sites for hydroxylation is 1. The van der Waals surface area contributed by atoms with Crippen LogP contribution in [0.15, 0.2) is 83.0 Å². The summed E-state index contributed by atoms with van der Waals surface area (Å²) in [6.45, 7) is 6.30. The van der Waals surface area contributed by atoms with Crippen LogP contribution < -0.4 is 9.64 Å². The number of carbonyl (C=O) groups is 1. The van der Waals surface area contributed by atoms with Crippen molar-refractivity contribution in [1.82, 2.24) is 14.8 Å². The Bertz CT molecular complexity index is 1860. The summed E-state index contributed by atoms with van der Waals surface area (Å²) in [5, 5.41) is 5.87. The third-order valence-electron chi connectivity index (χ3n) is 8.62. The molecule has 2 unspecified atom stereocenters. The minimum Gasteiger partial charge on any atom is -0.406 e. The number of alkyl halides is 3. The highest BCUT2D eigenvalue weighted by Crippen LogP contribution is 2.38. The maximum Gasteiger partial charge on any atom is 0.573 e. The van der Waals surface area contributed by atoms with Crippen LogP contribution in [0.25, 0.3) is 17.1 Å². The number of hydrogen-bond acceptors (Lipinski definition) is 7. The molecule has 1 aliphatic heterocycles. The smallest absolute Gasteiger partial charge is 0.406 e. The second-order valence-corrected chi connectivity index (χ2v) is 14.1. The molecule has 2 atom stereocenters. The summed E-state index contributed by atoms with van der Waals surface area (Å²) in [6.07, 6.45) is 2.92. The lowest BCUT2D eigenvalue weighted by molar-refractivity contribution is -0.274. The average Bonchev–Trinajstić information content (AvgIpc) is 3.71. The van der Waals surface area contributed by atoms with E-state index in [0.29, 0.717) is 27.6 Å². The zero-order chi connectivity index (χ0) is 34.7. The molecule has 0 spiro atoms. The van der Waals surface area contributed by atoms with Crippen LogP contribution in [0.5, 0.6) is 5.75 Å². The summed E-state index contributed by atoms with van der Waals surface area (Å²) in [7, 11) is 0. The van der Waals surface area contributed by atoms with Gasteiger partial charge in [-0.1, -0.05) is 86.6 Å². The van der Waals surface area contributed by atoms with E-state index in [2.05, 4.69) is 59.0 Å². The van der Waals surface area contributed by atoms with E-state index >= 15 is 0 Å². The molecule has 2 aliphatic rings. The Hall–Kier alpha value is -4.10. The van der Waals surface area contributed by atoms with E-state index in [9.17, 15) is 18.0 Å². The number of ether oxygens (including phenoxy) is 1. The molecule has 13 heteroatoms. The number of carbonyl (C=O) groups excluding carboxylic acids is 1. The van der Waals surface area contributed by atoms with Crippen LogP contribution in [0.4, 0.5) is 18.9 Å². The van der Waals surface area contributed by atoms with Gasteiger partial charge in [-0.25, -0.2) is 9.67 Å². The van der Waals surface area contributed by atoms with Crippen molar-refractivity contribution in [3.8, 4) is 22.8 Å². The van der Waals surface area contributed by atoms with E-state index in [1.54, 1.807) is 4.90 Å². The van der Waals surface area contributed by atoms with E-state index in [-0.39, 0.29) is 29.5 Å². The maximum absolute atomic E-state index is 13.2. The molecule has 256 valence electrons. The summed E-state index contributed by atoms with van der Waals surface area (Å²) in [5.74, 6) is 1.05. The van der Waals surface area contributed by atoms with Gasteiger partial charge in [-0.2, -0.15) is 4.99 Å². The van der Waals surface area contributed by atoms with Crippen molar-refractivity contribution < 1.29 is 22.7 Å². The van der Waals surface area contributed by atoms with Gasteiger partial charge in [0.15, 0.2) is 16.2 Å². The quantitative estimate of drug-likeness (QED) is 0.141. The summed E-state index contributed by atoms with van der Waals surface area (Å²) in [5.41, 5.74) is 5.67. The number of aliphatic imine (C=N–C) groups is 2. The van der Waals surface area contributed by atoms with Crippen molar-refractivity contribution in [2.24, 2.45) is 9.98 Å². The van der Waals surface area contributed by atoms with Gasteiger partial charge in [0.05, 0.1) is 23.2 Å². The fourth-order valence-electron chi connectivity index (χ4n) is 6.22. The van der Waals surface area contributed by atoms with Crippen LogP contribution in [0.2, 0.25) is 0 Å². The SMILES string of the molecule is CSC(=NC1CCCCC1c1ccc(-c2ncn(-c3ccc(OC(F)(F)F)cc3)n2)cc1)/N=C1\SCC(=O)N1c1cc(C)ccc1C(C)C. The van der Waals surface area contributed by atoms with Crippen LogP contribution in [0.1, 0.15) is 68.1 Å². The van der Waals surface area contributed by atoms with Crippen molar-refractivity contribution in [2.75, 3.05) is 16.9 Å². The number of nitrogens with zero attached hydrogens (tertiary/aromatic N) is 6. The van der Waals surface area contributed by atoms with E-state index in [1.807, 2.05) is 25.3 Å². The number of rotatable bonds is 7. The zero-order valence-corrected chi connectivity index (χ0v) is 29.3. The lowest BCUT2D eigenvalue weighted by atomic mass is 9.80. The van der Waals surface area contributed by atoms with Crippen molar-refractivity contribution in [3.63, 3.8) is 0 Å². The highest BCUT2D eigenvalue weighted by atomic mass is 32.2. The number of hydrogen-bond donors (Lipinski definition) is 0. The third-order valence-corrected chi connectivity index (χ3v) is 10.1. The Morgan fingerprint density at radius 1 is 1.04 bits per heavy atom. The van der Waals surface area contributed by atoms with Crippen LogP contribution in [0.3, 0.4) is 0 Å². The molecule has 3 aromatic carbocycles. The number of thioether (sulfide) groups is 2. The van der Waals surface area contributed by atoms with E-state index in [4.69, 9.17) is 9.98 Å². The lowest BCUT2D eigenvalue weighted by Gasteiger charge is -2.29. The van der Waals surface area contributed by atoms with Gasteiger partial charge in [0.25, 0.3) is 0 Å². The first kappa shape index (κ1) is 34.8. The molecule has 6 rings (SSSR count). The number of aromatic nitrogens is 3. The fraction of sp³-hybridized carbons (Fsp3) is 0.361. The first-order valence-corrected chi connectivity index (χ1v) is 18.3. The monoisotopic (exact) mass is 706 g/mol. The van der Waals surface area contributed by atoms with Crippen LogP contribution in [-0.2, 0) is 4.79 Å². The van der Waals surface area contributed by atoms with Crippen LogP contribution >= 0.6 is 23.5 Å². The molecule has 1 aromatic heterocycles. The third kappa shape index (κ3) is 8.21. The number of anilines is 1. The molecule has 4 aromatic rings. The minimum absolute atomic E-state index is 0.0279. The van der Waals surface area contributed by atoms with Gasteiger partial charge < -0.3 is 4.74 Å². The van der Waals surface area contributed by atoms with Crippen molar-refractivity contribution >= 4 is 45.5 Å². The number of benzene rings is 3. The molecular formula is C36H37F3N6O2S2. The molecule has 2 fully saturated rings. The zero-order valence-electron chi connectivity index (χ0n) is 27.6. The molecule has 1 saturated heterocycles. The molecular weight excluding hydrogens is 670 g/mol. The Kier molecular flexibility index (Phi) is 10.5. The Morgan fingerprint density at radius 2 is 1.78 bits per heavy atom. The number of amidine groups is 2. The lowest BCUT2D eigenvalue weighted by Crippen LogP contribution is -2.31. The molecule has 0 bridgehead atoms. The summed E-state index contributed by atoms with van der Waals surface area (Å²) >= 11 is 2.96. The molecule has 2 heterocycles. The maximum atomic E-state index is 13.2. The van der Waals surface area contributed by atoms with Gasteiger partial charge in [-0.3, -0.25) is 14.7 Å². The largest absolute Gasteiger partial charge is 0.573 e. The van der Waals surface area contributed by atoms with Crippen LogP contribution in [-0.4, -0.2) is 55.4 Å². The molecule has 8 nitrogen and oxygen atoms in total. The minimum atomic E-state index is -4.75. The predicted molar refractivity (Wildman–Crippen MR) is 192 cm³/mol. The first-order valence-electron chi connectivity index (χ1n) is 16.1. The standard InChI is InChI=1S/C36H37F3N6O2S2/c1-22(2)28-18-9-23(3)19-31(28)45-32(46)20-49-35(45)42-34(48-4)41-30-8-6-5-7-29(30)24-10-12-25(13-11-24)33-40-21-44(43-33)26-14-16-27(17-15-26)47-36(37,38)39/h9-19,21-22,29-30H,5-8,20H2,1-4H3/b41-34?,42-35-. The van der Waals surface area contributed by atoms with Crippen molar-refractivity contribution in [2.45, 2.75) is 70.7 Å². The Morgan fingerprint density at radius 3 is 2.47 bits per heavy atom. The second kappa shape index (κ2) is 14.8. The van der Waals surface area contributed by atoms with E-state index in [0.717, 1.165) is 48.1 Å². The highest BCUT2D eigenvalue weighted by molar-refractivity contribution is 8.16. The van der Waals surface area contributed by atoms with Gasteiger partial charge in [-0.05, 0) is 79.0 Å². The van der Waals surface area contributed by atoms with Gasteiger partial charge in [0.1, 0.15) is 12.1 Å². The molecule has 0 radical (unpaired) electrons. The van der Waals surface area contributed by atoms with E-state index in [1.165, 1.54) is 64.4 Å². The Balaban J connectivity index is 1.20. The normalized spacial score (nSPS) is 19.7. The summed E-state index contributed by atoms with van der Waals surface area (Å²) < 4.78 is 43.0. The van der Waals surface area contributed by atoms with Gasteiger partial charge in [0, 0.05) is 11.5 Å². The topological polar surface area (TPSA) is 85.0 Å². The van der Waals surface area contributed by atoms with Gasteiger partial charge in [-0.15, -0.1) is 18.3 Å². The number of amides is 1. The average molecular weight is 707 g/mol. The summed E-state index contributed by atoms with van der Waals surface area (Å²) in [4.78, 5) is 29.5. The Labute approximate surface area is 292 Å². The predicted octanol–water partition coefficient (Wildman–Crippen LogP) is 9.15. The van der Waals surface area contributed by atoms with E-state index < -0.39 is 6.36 Å². The molecule has 49 heavy (non-hydrogen) atoms. The first-order chi connectivity index (χ1) is 23.5. The summed E-state index contributed by atoms with van der Waals surface area (Å²) in [6, 6.07) is 20.0. The van der Waals surface area contributed by atoms with Crippen molar-refractivity contribution in [1.29, 1.82) is 0 Å². The molecule has 1 aliphatic carbocycles. The van der Waals surface area contributed by atoms with Gasteiger partial charge in [0.2, 0.25) is 5.91 Å². The highest BCUT2D eigenvalue weighted by Gasteiger charge is 2.33. The number of halogens is 3. The molecule has 1 amide bonds. The molecule has 1 saturated carbocycles. The fourth-order valence-corrected chi connectivity index (χ4v) is 7.56. The molecule has 0 N–H and O–H groups in total.